The van der Waals surface area contributed by atoms with Crippen LogP contribution >= 0.6 is 11.3 Å². The largest absolute Gasteiger partial charge is 0.352 e. The molecule has 1 heterocycles. The second-order valence-electron chi connectivity index (χ2n) is 4.25. The van der Waals surface area contributed by atoms with E-state index in [4.69, 9.17) is 0 Å². The van der Waals surface area contributed by atoms with Crippen LogP contribution in [0.25, 0.3) is 0 Å². The molecule has 0 saturated heterocycles. The first kappa shape index (κ1) is 10.4. The van der Waals surface area contributed by atoms with Crippen LogP contribution in [-0.4, -0.2) is 12.5 Å². The summed E-state index contributed by atoms with van der Waals surface area (Å²) in [6.45, 7) is 6.47. The standard InChI is InChI=1S/C12H15NOS/c1-3-11(14)13-8-9-7-12(9,2)10-5-4-6-15-10/h3-6,9H,1,7-8H2,2H3,(H,13,14). The van der Waals surface area contributed by atoms with Crippen molar-refractivity contribution in [2.75, 3.05) is 6.54 Å². The highest BCUT2D eigenvalue weighted by atomic mass is 32.1. The van der Waals surface area contributed by atoms with Gasteiger partial charge in [0.25, 0.3) is 0 Å². The zero-order valence-corrected chi connectivity index (χ0v) is 9.64. The number of thiophene rings is 1. The third-order valence-corrected chi connectivity index (χ3v) is 4.35. The number of nitrogens with one attached hydrogen (secondary N) is 1. The maximum atomic E-state index is 11.0. The first-order valence-corrected chi connectivity index (χ1v) is 5.99. The summed E-state index contributed by atoms with van der Waals surface area (Å²) in [5.41, 5.74) is 0.294. The average Bonchev–Trinajstić information content (AvgIpc) is 2.72. The molecule has 15 heavy (non-hydrogen) atoms. The molecule has 0 spiro atoms. The molecule has 0 aromatic carbocycles. The fourth-order valence-electron chi connectivity index (χ4n) is 1.95. The quantitative estimate of drug-likeness (QED) is 0.777. The zero-order chi connectivity index (χ0) is 10.9. The van der Waals surface area contributed by atoms with E-state index in [-0.39, 0.29) is 5.91 Å². The van der Waals surface area contributed by atoms with Crippen LogP contribution in [0.3, 0.4) is 0 Å². The average molecular weight is 221 g/mol. The minimum absolute atomic E-state index is 0.0737. The minimum Gasteiger partial charge on any atom is -0.352 e. The molecule has 1 N–H and O–H groups in total. The second-order valence-corrected chi connectivity index (χ2v) is 5.19. The number of rotatable bonds is 4. The molecule has 1 amide bonds. The molecule has 1 aliphatic rings. The van der Waals surface area contributed by atoms with E-state index >= 15 is 0 Å². The van der Waals surface area contributed by atoms with E-state index in [1.807, 2.05) is 0 Å². The molecule has 2 atom stereocenters. The first-order chi connectivity index (χ1) is 7.16. The van der Waals surface area contributed by atoms with Gasteiger partial charge in [-0.3, -0.25) is 4.79 Å². The molecule has 1 saturated carbocycles. The van der Waals surface area contributed by atoms with Gasteiger partial charge in [-0.25, -0.2) is 0 Å². The summed E-state index contributed by atoms with van der Waals surface area (Å²) in [5.74, 6) is 0.510. The van der Waals surface area contributed by atoms with E-state index in [2.05, 4.69) is 36.3 Å². The Kier molecular flexibility index (Phi) is 2.65. The monoisotopic (exact) mass is 221 g/mol. The van der Waals surface area contributed by atoms with Crippen molar-refractivity contribution in [1.82, 2.24) is 5.32 Å². The van der Waals surface area contributed by atoms with Crippen molar-refractivity contribution in [3.05, 3.63) is 35.0 Å². The van der Waals surface area contributed by atoms with Gasteiger partial charge >= 0.3 is 0 Å². The van der Waals surface area contributed by atoms with E-state index in [9.17, 15) is 4.79 Å². The number of hydrogen-bond donors (Lipinski definition) is 1. The molecule has 2 nitrogen and oxygen atoms in total. The third-order valence-electron chi connectivity index (χ3n) is 3.20. The van der Waals surface area contributed by atoms with Gasteiger partial charge in [-0.15, -0.1) is 11.3 Å². The minimum atomic E-state index is -0.0737. The van der Waals surface area contributed by atoms with Gasteiger partial charge in [-0.1, -0.05) is 19.6 Å². The molecular weight excluding hydrogens is 206 g/mol. The van der Waals surface area contributed by atoms with Crippen molar-refractivity contribution in [2.24, 2.45) is 5.92 Å². The molecule has 80 valence electrons. The van der Waals surface area contributed by atoms with Crippen LogP contribution in [0.5, 0.6) is 0 Å². The van der Waals surface area contributed by atoms with Gasteiger partial charge in [0, 0.05) is 16.8 Å². The van der Waals surface area contributed by atoms with Gasteiger partial charge in [0.1, 0.15) is 0 Å². The lowest BCUT2D eigenvalue weighted by atomic mass is 10.0. The molecule has 1 aliphatic carbocycles. The summed E-state index contributed by atoms with van der Waals surface area (Å²) >= 11 is 1.80. The van der Waals surface area contributed by atoms with Crippen molar-refractivity contribution in [1.29, 1.82) is 0 Å². The lowest BCUT2D eigenvalue weighted by molar-refractivity contribution is -0.116. The summed E-state index contributed by atoms with van der Waals surface area (Å²) in [7, 11) is 0. The third kappa shape index (κ3) is 1.97. The molecule has 1 aromatic rings. The molecule has 0 radical (unpaired) electrons. The highest BCUT2D eigenvalue weighted by Gasteiger charge is 2.51. The molecule has 1 aromatic heterocycles. The fraction of sp³-hybridized carbons (Fsp3) is 0.417. The molecule has 0 aliphatic heterocycles. The number of carbonyl (C=O) groups excluding carboxylic acids is 1. The van der Waals surface area contributed by atoms with Gasteiger partial charge in [-0.05, 0) is 29.9 Å². The Bertz CT molecular complexity index is 371. The van der Waals surface area contributed by atoms with Crippen LogP contribution in [0, 0.1) is 5.92 Å². The van der Waals surface area contributed by atoms with E-state index in [1.165, 1.54) is 17.4 Å². The molecule has 2 rings (SSSR count). The van der Waals surface area contributed by atoms with Crippen molar-refractivity contribution < 1.29 is 4.79 Å². The Morgan fingerprint density at radius 2 is 2.67 bits per heavy atom. The van der Waals surface area contributed by atoms with Crippen molar-refractivity contribution in [2.45, 2.75) is 18.8 Å². The van der Waals surface area contributed by atoms with Gasteiger partial charge in [0.05, 0.1) is 0 Å². The predicted octanol–water partition coefficient (Wildman–Crippen LogP) is 2.33. The van der Waals surface area contributed by atoms with Crippen molar-refractivity contribution in [3.8, 4) is 0 Å². The van der Waals surface area contributed by atoms with Crippen LogP contribution in [0.4, 0.5) is 0 Å². The van der Waals surface area contributed by atoms with E-state index in [1.54, 1.807) is 11.3 Å². The highest BCUT2D eigenvalue weighted by Crippen LogP contribution is 2.54. The fourth-order valence-corrected chi connectivity index (χ4v) is 2.93. The van der Waals surface area contributed by atoms with Crippen LogP contribution in [-0.2, 0) is 10.2 Å². The molecule has 2 unspecified atom stereocenters. The number of hydrogen-bond acceptors (Lipinski definition) is 2. The van der Waals surface area contributed by atoms with Crippen LogP contribution in [0.15, 0.2) is 30.2 Å². The Morgan fingerprint density at radius 1 is 1.87 bits per heavy atom. The normalized spacial score (nSPS) is 28.5. The van der Waals surface area contributed by atoms with Gasteiger partial charge in [0.15, 0.2) is 0 Å². The Balaban J connectivity index is 1.90. The van der Waals surface area contributed by atoms with Gasteiger partial charge in [0.2, 0.25) is 5.91 Å². The maximum Gasteiger partial charge on any atom is 0.243 e. The zero-order valence-electron chi connectivity index (χ0n) is 8.82. The Labute approximate surface area is 94.0 Å². The second kappa shape index (κ2) is 3.81. The lowest BCUT2D eigenvalue weighted by Crippen LogP contribution is -2.25. The van der Waals surface area contributed by atoms with Crippen LogP contribution in [0.1, 0.15) is 18.2 Å². The number of amides is 1. The highest BCUT2D eigenvalue weighted by molar-refractivity contribution is 7.10. The maximum absolute atomic E-state index is 11.0. The van der Waals surface area contributed by atoms with Crippen molar-refractivity contribution >= 4 is 17.2 Å². The topological polar surface area (TPSA) is 29.1 Å². The predicted molar refractivity (Wildman–Crippen MR) is 63.0 cm³/mol. The molecular formula is C12H15NOS. The Hall–Kier alpha value is -1.09. The van der Waals surface area contributed by atoms with E-state index in [0.29, 0.717) is 11.3 Å². The van der Waals surface area contributed by atoms with E-state index < -0.39 is 0 Å². The summed E-state index contributed by atoms with van der Waals surface area (Å²) in [5, 5.41) is 4.97. The van der Waals surface area contributed by atoms with Gasteiger partial charge < -0.3 is 5.32 Å². The van der Waals surface area contributed by atoms with Crippen LogP contribution in [0.2, 0.25) is 0 Å². The summed E-state index contributed by atoms with van der Waals surface area (Å²) < 4.78 is 0. The van der Waals surface area contributed by atoms with Crippen LogP contribution < -0.4 is 5.32 Å². The molecule has 0 bridgehead atoms. The summed E-state index contributed by atoms with van der Waals surface area (Å²) in [6, 6.07) is 4.27. The van der Waals surface area contributed by atoms with Gasteiger partial charge in [-0.2, -0.15) is 0 Å². The first-order valence-electron chi connectivity index (χ1n) is 5.11. The smallest absolute Gasteiger partial charge is 0.243 e. The summed E-state index contributed by atoms with van der Waals surface area (Å²) in [4.78, 5) is 12.4. The Morgan fingerprint density at radius 3 is 3.27 bits per heavy atom. The van der Waals surface area contributed by atoms with E-state index in [0.717, 1.165) is 6.54 Å². The molecule has 1 fully saturated rings. The number of carbonyl (C=O) groups is 1. The lowest BCUT2D eigenvalue weighted by Gasteiger charge is -2.08. The summed E-state index contributed by atoms with van der Waals surface area (Å²) in [6.07, 6.45) is 2.50. The molecule has 3 heteroatoms. The van der Waals surface area contributed by atoms with Crippen molar-refractivity contribution in [3.63, 3.8) is 0 Å². The SMILES string of the molecule is C=CC(=O)NCC1CC1(C)c1cccs1.